The number of allylic oxidation sites excluding steroid dienone is 1. The van der Waals surface area contributed by atoms with Gasteiger partial charge in [-0.1, -0.05) is 6.07 Å². The van der Waals surface area contributed by atoms with E-state index >= 15 is 0 Å². The Morgan fingerprint density at radius 2 is 2.03 bits per heavy atom. The average Bonchev–Trinajstić information content (AvgIpc) is 3.30. The highest BCUT2D eigenvalue weighted by Crippen LogP contribution is 2.26. The van der Waals surface area contributed by atoms with Gasteiger partial charge in [0.05, 0.1) is 29.3 Å². The molecule has 0 unspecified atom stereocenters. The fourth-order valence-electron chi connectivity index (χ4n) is 3.64. The Bertz CT molecular complexity index is 1390. The summed E-state index contributed by atoms with van der Waals surface area (Å²) >= 11 is 0. The van der Waals surface area contributed by atoms with E-state index in [9.17, 15) is 14.4 Å². The Labute approximate surface area is 178 Å². The van der Waals surface area contributed by atoms with Gasteiger partial charge in [-0.2, -0.15) is 5.26 Å². The van der Waals surface area contributed by atoms with E-state index in [1.165, 1.54) is 19.2 Å². The zero-order chi connectivity index (χ0) is 22.1. The van der Waals surface area contributed by atoms with Crippen LogP contribution >= 0.6 is 0 Å². The fourth-order valence-corrected chi connectivity index (χ4v) is 3.64. The van der Waals surface area contributed by atoms with E-state index in [-0.39, 0.29) is 5.82 Å². The third kappa shape index (κ3) is 3.71. The highest BCUT2D eigenvalue weighted by atomic mass is 19.1. The van der Waals surface area contributed by atoms with E-state index in [1.54, 1.807) is 30.3 Å². The molecule has 0 spiro atoms. The number of rotatable bonds is 4. The number of imidazole rings is 1. The quantitative estimate of drug-likeness (QED) is 0.378. The molecule has 7 heteroatoms. The average molecular weight is 414 g/mol. The molecule has 0 aliphatic rings. The van der Waals surface area contributed by atoms with Gasteiger partial charge >= 0.3 is 5.97 Å². The van der Waals surface area contributed by atoms with Crippen LogP contribution < -0.4 is 0 Å². The van der Waals surface area contributed by atoms with Gasteiger partial charge in [-0.25, -0.2) is 14.2 Å². The first-order valence-electron chi connectivity index (χ1n) is 9.56. The van der Waals surface area contributed by atoms with E-state index in [2.05, 4.69) is 16.0 Å². The summed E-state index contributed by atoms with van der Waals surface area (Å²) in [6.45, 7) is 3.89. The van der Waals surface area contributed by atoms with Crippen LogP contribution in [0.3, 0.4) is 0 Å². The Balaban J connectivity index is 1.78. The zero-order valence-corrected chi connectivity index (χ0v) is 17.2. The number of esters is 1. The van der Waals surface area contributed by atoms with Crippen molar-refractivity contribution < 1.29 is 13.9 Å². The summed E-state index contributed by atoms with van der Waals surface area (Å²) in [7, 11) is 1.35. The van der Waals surface area contributed by atoms with E-state index in [0.29, 0.717) is 28.0 Å². The van der Waals surface area contributed by atoms with E-state index in [0.717, 1.165) is 22.6 Å². The smallest absolute Gasteiger partial charge is 0.337 e. The number of aromatic amines is 1. The van der Waals surface area contributed by atoms with Crippen LogP contribution in [0.4, 0.5) is 4.39 Å². The number of nitriles is 1. The highest BCUT2D eigenvalue weighted by Gasteiger charge is 2.14. The van der Waals surface area contributed by atoms with Crippen LogP contribution in [0.15, 0.2) is 48.5 Å². The molecular formula is C24H19FN4O2. The predicted octanol–water partition coefficient (Wildman–Crippen LogP) is 4.96. The number of aryl methyl sites for hydroxylation is 1. The first kappa shape index (κ1) is 20.1. The summed E-state index contributed by atoms with van der Waals surface area (Å²) < 4.78 is 20.3. The third-order valence-electron chi connectivity index (χ3n) is 5.12. The molecule has 4 aromatic rings. The van der Waals surface area contributed by atoms with Crippen molar-refractivity contribution in [3.8, 4) is 11.8 Å². The van der Waals surface area contributed by atoms with E-state index < -0.39 is 5.97 Å². The molecule has 31 heavy (non-hydrogen) atoms. The number of halogens is 1. The molecule has 0 saturated heterocycles. The standard InChI is InChI=1S/C24H19FN4O2/c1-14-9-17(15(2)29(14)20-6-4-5-16(11-20)24(30)31-3)10-18(13-26)23-27-21-8-7-19(25)12-22(21)28-23/h4-12H,1-3H3,(H,27,28)/b18-10-. The van der Waals surface area contributed by atoms with Crippen LogP contribution in [0.5, 0.6) is 0 Å². The summed E-state index contributed by atoms with van der Waals surface area (Å²) in [5.74, 6) is -0.402. The predicted molar refractivity (Wildman–Crippen MR) is 116 cm³/mol. The number of aromatic nitrogens is 3. The maximum Gasteiger partial charge on any atom is 0.337 e. The monoisotopic (exact) mass is 414 g/mol. The van der Waals surface area contributed by atoms with Crippen LogP contribution in [0, 0.1) is 31.0 Å². The van der Waals surface area contributed by atoms with Crippen LogP contribution in [0.25, 0.3) is 28.4 Å². The molecule has 0 saturated carbocycles. The molecule has 1 N–H and O–H groups in total. The number of H-pyrrole nitrogens is 1. The fraction of sp³-hybridized carbons (Fsp3) is 0.125. The van der Waals surface area contributed by atoms with Gasteiger partial charge < -0.3 is 14.3 Å². The molecule has 0 radical (unpaired) electrons. The minimum Gasteiger partial charge on any atom is -0.465 e. The minimum absolute atomic E-state index is 0.333. The lowest BCUT2D eigenvalue weighted by Gasteiger charge is -2.11. The molecule has 2 aromatic carbocycles. The molecule has 0 fully saturated rings. The number of hydrogen-bond donors (Lipinski definition) is 1. The topological polar surface area (TPSA) is 83.7 Å². The van der Waals surface area contributed by atoms with Crippen molar-refractivity contribution in [3.05, 3.63) is 82.7 Å². The van der Waals surface area contributed by atoms with Gasteiger partial charge in [0.1, 0.15) is 17.7 Å². The summed E-state index contributed by atoms with van der Waals surface area (Å²) in [6, 6.07) is 15.5. The molecular weight excluding hydrogens is 395 g/mol. The second-order valence-corrected chi connectivity index (χ2v) is 7.12. The Hall–Kier alpha value is -4.18. The van der Waals surface area contributed by atoms with Crippen LogP contribution in [-0.2, 0) is 4.74 Å². The lowest BCUT2D eigenvalue weighted by molar-refractivity contribution is 0.0600. The molecule has 154 valence electrons. The van der Waals surface area contributed by atoms with Crippen LogP contribution in [-0.4, -0.2) is 27.6 Å². The van der Waals surface area contributed by atoms with Gasteiger partial charge in [0, 0.05) is 17.1 Å². The number of ether oxygens (including phenoxy) is 1. The summed E-state index contributed by atoms with van der Waals surface area (Å²) in [5, 5.41) is 9.72. The largest absolute Gasteiger partial charge is 0.465 e. The van der Waals surface area contributed by atoms with Crippen molar-refractivity contribution in [3.63, 3.8) is 0 Å². The lowest BCUT2D eigenvalue weighted by atomic mass is 10.1. The van der Waals surface area contributed by atoms with Crippen LogP contribution in [0.1, 0.15) is 33.1 Å². The Kier molecular flexibility index (Phi) is 5.14. The molecule has 4 rings (SSSR count). The normalized spacial score (nSPS) is 11.5. The van der Waals surface area contributed by atoms with Gasteiger partial charge in [-0.15, -0.1) is 0 Å². The Morgan fingerprint density at radius 1 is 1.23 bits per heavy atom. The molecule has 6 nitrogen and oxygen atoms in total. The number of hydrogen-bond acceptors (Lipinski definition) is 4. The SMILES string of the molecule is COC(=O)c1cccc(-n2c(C)cc(/C=C(/C#N)c3nc4ccc(F)cc4[nH]3)c2C)c1. The Morgan fingerprint density at radius 3 is 2.77 bits per heavy atom. The van der Waals surface area contributed by atoms with Crippen molar-refractivity contribution in [2.24, 2.45) is 0 Å². The second-order valence-electron chi connectivity index (χ2n) is 7.12. The molecule has 0 bridgehead atoms. The van der Waals surface area contributed by atoms with Gasteiger partial charge in [0.25, 0.3) is 0 Å². The van der Waals surface area contributed by atoms with Gasteiger partial charge in [0.15, 0.2) is 0 Å². The van der Waals surface area contributed by atoms with Crippen molar-refractivity contribution in [1.82, 2.24) is 14.5 Å². The first-order valence-corrected chi connectivity index (χ1v) is 9.56. The van der Waals surface area contributed by atoms with Gasteiger partial charge in [-0.3, -0.25) is 0 Å². The molecule has 2 aromatic heterocycles. The van der Waals surface area contributed by atoms with E-state index in [1.807, 2.05) is 30.5 Å². The molecule has 2 heterocycles. The summed E-state index contributed by atoms with van der Waals surface area (Å²) in [5.41, 5.74) is 5.39. The van der Waals surface area contributed by atoms with Crippen molar-refractivity contribution in [1.29, 1.82) is 5.26 Å². The first-order chi connectivity index (χ1) is 14.9. The molecule has 0 aliphatic heterocycles. The third-order valence-corrected chi connectivity index (χ3v) is 5.12. The number of carbonyl (C=O) groups excluding carboxylic acids is 1. The molecule has 0 aliphatic carbocycles. The number of fused-ring (bicyclic) bond motifs is 1. The highest BCUT2D eigenvalue weighted by molar-refractivity contribution is 5.91. The second kappa shape index (κ2) is 7.92. The number of benzene rings is 2. The van der Waals surface area contributed by atoms with Crippen molar-refractivity contribution in [2.45, 2.75) is 13.8 Å². The van der Waals surface area contributed by atoms with E-state index in [4.69, 9.17) is 4.74 Å². The minimum atomic E-state index is -0.405. The lowest BCUT2D eigenvalue weighted by Crippen LogP contribution is -2.04. The number of carbonyl (C=O) groups is 1. The van der Waals surface area contributed by atoms with Crippen LogP contribution in [0.2, 0.25) is 0 Å². The van der Waals surface area contributed by atoms with Gasteiger partial charge in [-0.05, 0) is 68.0 Å². The molecule has 0 atom stereocenters. The number of methoxy groups -OCH3 is 1. The van der Waals surface area contributed by atoms with Gasteiger partial charge in [0.2, 0.25) is 0 Å². The summed E-state index contributed by atoms with van der Waals surface area (Å²) in [6.07, 6.45) is 1.75. The molecule has 0 amide bonds. The summed E-state index contributed by atoms with van der Waals surface area (Å²) in [4.78, 5) is 19.3. The number of nitrogens with one attached hydrogen (secondary N) is 1. The zero-order valence-electron chi connectivity index (χ0n) is 17.2. The maximum absolute atomic E-state index is 13.5. The maximum atomic E-state index is 13.5. The van der Waals surface area contributed by atoms with Crippen molar-refractivity contribution >= 4 is 28.7 Å². The number of nitrogens with zero attached hydrogens (tertiary/aromatic N) is 3. The van der Waals surface area contributed by atoms with Crippen molar-refractivity contribution in [2.75, 3.05) is 7.11 Å².